The van der Waals surface area contributed by atoms with Crippen molar-refractivity contribution in [3.05, 3.63) is 101 Å². The monoisotopic (exact) mass is 632 g/mol. The van der Waals surface area contributed by atoms with E-state index in [9.17, 15) is 22.8 Å². The smallest absolute Gasteiger partial charge is 0.406 e. The number of anilines is 2. The summed E-state index contributed by atoms with van der Waals surface area (Å²) in [5.41, 5.74) is 4.48. The molecule has 1 N–H and O–H groups in total. The number of amides is 2. The molecule has 3 aromatic carbocycles. The number of nitrogens with zero attached hydrogens (tertiary/aromatic N) is 5. The molecule has 0 unspecified atom stereocenters. The van der Waals surface area contributed by atoms with Crippen LogP contribution < -0.4 is 15.0 Å². The highest BCUT2D eigenvalue weighted by Gasteiger charge is 2.32. The van der Waals surface area contributed by atoms with E-state index < -0.39 is 18.0 Å². The predicted octanol–water partition coefficient (Wildman–Crippen LogP) is 7.20. The summed E-state index contributed by atoms with van der Waals surface area (Å²) in [7, 11) is 0. The molecule has 0 atom stereocenters. The van der Waals surface area contributed by atoms with Crippen molar-refractivity contribution < 1.29 is 27.5 Å². The van der Waals surface area contributed by atoms with Crippen LogP contribution in [0.3, 0.4) is 0 Å². The van der Waals surface area contributed by atoms with Crippen LogP contribution in [-0.2, 0) is 4.79 Å². The third-order valence-corrected chi connectivity index (χ3v) is 7.49. The second kappa shape index (κ2) is 13.3. The Hall–Kier alpha value is -5.04. The Morgan fingerprint density at radius 2 is 1.80 bits per heavy atom. The number of rotatable bonds is 8. The standard InChI is InChI=1S/C32H27F3N6O3S/c1-19(2)25-13-4-20(3)16-26(25)41-28(42)18-45-31(41)40-37-17-21-5-7-22(8-6-21)29-36-15-14-27(38-29)39-30(43)23-9-11-24(12-10-23)44-32(33,34)35/h4-17,19H,18H2,1-3H3,(H,36,38,39,43)/b37-17+,40-31-. The van der Waals surface area contributed by atoms with E-state index >= 15 is 0 Å². The molecule has 0 radical (unpaired) electrons. The molecule has 0 aliphatic carbocycles. The molecule has 1 aromatic heterocycles. The minimum absolute atomic E-state index is 0.0438. The molecule has 0 bridgehead atoms. The first-order valence-corrected chi connectivity index (χ1v) is 14.7. The van der Waals surface area contributed by atoms with Gasteiger partial charge in [0.2, 0.25) is 5.91 Å². The summed E-state index contributed by atoms with van der Waals surface area (Å²) >= 11 is 1.34. The molecule has 5 rings (SSSR count). The zero-order valence-corrected chi connectivity index (χ0v) is 25.2. The van der Waals surface area contributed by atoms with Crippen LogP contribution in [0.5, 0.6) is 5.75 Å². The van der Waals surface area contributed by atoms with Crippen LogP contribution in [0.15, 0.2) is 89.2 Å². The average Bonchev–Trinajstić information content (AvgIpc) is 3.36. The lowest BCUT2D eigenvalue weighted by atomic mass is 9.99. The first kappa shape index (κ1) is 31.4. The van der Waals surface area contributed by atoms with E-state index in [1.54, 1.807) is 35.4 Å². The second-order valence-electron chi connectivity index (χ2n) is 10.3. The zero-order chi connectivity index (χ0) is 32.1. The quantitative estimate of drug-likeness (QED) is 0.163. The molecule has 45 heavy (non-hydrogen) atoms. The normalized spacial score (nSPS) is 14.5. The number of halogens is 3. The number of aromatic nitrogens is 2. The highest BCUT2D eigenvalue weighted by molar-refractivity contribution is 8.15. The van der Waals surface area contributed by atoms with E-state index in [0.29, 0.717) is 16.6 Å². The zero-order valence-electron chi connectivity index (χ0n) is 24.4. The number of carbonyl (C=O) groups excluding carboxylic acids is 2. The molecule has 1 aliphatic rings. The van der Waals surface area contributed by atoms with E-state index in [1.165, 1.54) is 36.2 Å². The fourth-order valence-corrected chi connectivity index (χ4v) is 5.25. The van der Waals surface area contributed by atoms with Gasteiger partial charge in [0.05, 0.1) is 17.7 Å². The van der Waals surface area contributed by atoms with Crippen LogP contribution in [0, 0.1) is 6.92 Å². The Balaban J connectivity index is 1.26. The molecule has 1 aliphatic heterocycles. The lowest BCUT2D eigenvalue weighted by Crippen LogP contribution is -2.30. The van der Waals surface area contributed by atoms with E-state index in [2.05, 4.69) is 44.1 Å². The number of aryl methyl sites for hydroxylation is 1. The molecule has 9 nitrogen and oxygen atoms in total. The maximum Gasteiger partial charge on any atom is 0.573 e. The van der Waals surface area contributed by atoms with E-state index in [4.69, 9.17) is 0 Å². The summed E-state index contributed by atoms with van der Waals surface area (Å²) < 4.78 is 41.0. The van der Waals surface area contributed by atoms with Crippen molar-refractivity contribution in [3.63, 3.8) is 0 Å². The molecular weight excluding hydrogens is 605 g/mol. The highest BCUT2D eigenvalue weighted by Crippen LogP contribution is 2.34. The fraction of sp³-hybridized carbons (Fsp3) is 0.188. The van der Waals surface area contributed by atoms with E-state index in [0.717, 1.165) is 34.5 Å². The van der Waals surface area contributed by atoms with Gasteiger partial charge in [-0.15, -0.1) is 18.3 Å². The van der Waals surface area contributed by atoms with E-state index in [1.807, 2.05) is 25.1 Å². The van der Waals surface area contributed by atoms with Crippen LogP contribution in [0.4, 0.5) is 24.7 Å². The number of nitrogens with one attached hydrogen (secondary N) is 1. The highest BCUT2D eigenvalue weighted by atomic mass is 32.2. The molecule has 2 heterocycles. The summed E-state index contributed by atoms with van der Waals surface area (Å²) in [6.07, 6.45) is -1.76. The fourth-order valence-electron chi connectivity index (χ4n) is 4.44. The Morgan fingerprint density at radius 3 is 2.49 bits per heavy atom. The van der Waals surface area contributed by atoms with Gasteiger partial charge in [-0.1, -0.05) is 62.0 Å². The topological polar surface area (TPSA) is 109 Å². The molecule has 13 heteroatoms. The Labute approximate surface area is 261 Å². The van der Waals surface area contributed by atoms with Crippen molar-refractivity contribution in [2.45, 2.75) is 33.1 Å². The summed E-state index contributed by atoms with van der Waals surface area (Å²) in [5.74, 6) is 0.0437. The molecule has 2 amide bonds. The van der Waals surface area contributed by atoms with Gasteiger partial charge >= 0.3 is 6.36 Å². The van der Waals surface area contributed by atoms with E-state index in [-0.39, 0.29) is 29.0 Å². The van der Waals surface area contributed by atoms with Crippen LogP contribution in [0.1, 0.15) is 46.8 Å². The summed E-state index contributed by atoms with van der Waals surface area (Å²) in [6, 6.07) is 19.3. The number of alkyl halides is 3. The molecule has 1 saturated heterocycles. The number of carbonyl (C=O) groups is 2. The third kappa shape index (κ3) is 7.92. The Morgan fingerprint density at radius 1 is 1.07 bits per heavy atom. The van der Waals surface area contributed by atoms with Gasteiger partial charge < -0.3 is 10.1 Å². The van der Waals surface area contributed by atoms with Gasteiger partial charge in [-0.2, -0.15) is 5.10 Å². The van der Waals surface area contributed by atoms with Gasteiger partial charge in [0, 0.05) is 17.3 Å². The van der Waals surface area contributed by atoms with Crippen molar-refractivity contribution >= 4 is 46.5 Å². The second-order valence-corrected chi connectivity index (χ2v) is 11.2. The number of hydrogen-bond acceptors (Lipinski definition) is 8. The van der Waals surface area contributed by atoms with Gasteiger partial charge in [-0.3, -0.25) is 14.5 Å². The number of benzene rings is 3. The van der Waals surface area contributed by atoms with Crippen LogP contribution >= 0.6 is 11.8 Å². The summed E-state index contributed by atoms with van der Waals surface area (Å²) in [6.45, 7) is 6.15. The van der Waals surface area contributed by atoms with Gasteiger partial charge in [-0.05, 0) is 65.9 Å². The Bertz CT molecular complexity index is 1770. The minimum atomic E-state index is -4.82. The largest absolute Gasteiger partial charge is 0.573 e. The molecule has 1 fully saturated rings. The molecular formula is C32H27F3N6O3S. The molecule has 0 spiro atoms. The number of thioether (sulfide) groups is 1. The van der Waals surface area contributed by atoms with Gasteiger partial charge in [0.1, 0.15) is 11.6 Å². The number of ether oxygens (including phenoxy) is 1. The van der Waals surface area contributed by atoms with Gasteiger partial charge in [0.15, 0.2) is 11.0 Å². The third-order valence-electron chi connectivity index (χ3n) is 6.58. The molecule has 0 saturated carbocycles. The van der Waals surface area contributed by atoms with Crippen molar-refractivity contribution in [1.29, 1.82) is 0 Å². The van der Waals surface area contributed by atoms with Crippen molar-refractivity contribution in [1.82, 2.24) is 9.97 Å². The molecule has 230 valence electrons. The molecule has 4 aromatic rings. The lowest BCUT2D eigenvalue weighted by Gasteiger charge is -2.21. The van der Waals surface area contributed by atoms with Crippen molar-refractivity contribution in [3.8, 4) is 17.1 Å². The first-order valence-electron chi connectivity index (χ1n) is 13.7. The predicted molar refractivity (Wildman–Crippen MR) is 169 cm³/mol. The van der Waals surface area contributed by atoms with Crippen LogP contribution in [-0.4, -0.2) is 45.3 Å². The van der Waals surface area contributed by atoms with Crippen molar-refractivity contribution in [2.75, 3.05) is 16.0 Å². The summed E-state index contributed by atoms with van der Waals surface area (Å²) in [5, 5.41) is 11.7. The first-order chi connectivity index (χ1) is 21.5. The van der Waals surface area contributed by atoms with Crippen LogP contribution in [0.25, 0.3) is 11.4 Å². The van der Waals surface area contributed by atoms with Crippen molar-refractivity contribution in [2.24, 2.45) is 10.2 Å². The number of amidine groups is 1. The SMILES string of the molecule is Cc1ccc(C(C)C)c(N2C(=O)CS/C2=N\N=C\c2ccc(-c3nccc(NC(=O)c4ccc(OC(F)(F)F)cc4)n3)cc2)c1. The maximum absolute atomic E-state index is 12.8. The maximum atomic E-state index is 12.8. The Kier molecular flexibility index (Phi) is 9.28. The number of hydrogen-bond donors (Lipinski definition) is 1. The average molecular weight is 633 g/mol. The van der Waals surface area contributed by atoms with Crippen LogP contribution in [0.2, 0.25) is 0 Å². The minimum Gasteiger partial charge on any atom is -0.406 e. The van der Waals surface area contributed by atoms with Gasteiger partial charge in [0.25, 0.3) is 5.91 Å². The lowest BCUT2D eigenvalue weighted by molar-refractivity contribution is -0.274. The summed E-state index contributed by atoms with van der Waals surface area (Å²) in [4.78, 5) is 35.7. The van der Waals surface area contributed by atoms with Gasteiger partial charge in [-0.25, -0.2) is 9.97 Å².